The molecule has 0 unspecified atom stereocenters. The lowest BCUT2D eigenvalue weighted by molar-refractivity contribution is 0.866. The number of benzene rings is 1. The van der Waals surface area contributed by atoms with E-state index in [9.17, 15) is 5.26 Å². The summed E-state index contributed by atoms with van der Waals surface area (Å²) in [6, 6.07) is 12.5. The molecule has 0 bridgehead atoms. The predicted molar refractivity (Wildman–Crippen MR) is 84.1 cm³/mol. The molecular formula is C17H20N4. The van der Waals surface area contributed by atoms with Crippen molar-refractivity contribution in [3.8, 4) is 6.07 Å². The highest BCUT2D eigenvalue weighted by molar-refractivity contribution is 5.56. The summed E-state index contributed by atoms with van der Waals surface area (Å²) >= 11 is 0. The number of anilines is 1. The Balaban J connectivity index is 2.12. The molecule has 0 aliphatic heterocycles. The molecular weight excluding hydrogens is 260 g/mol. The summed E-state index contributed by atoms with van der Waals surface area (Å²) in [4.78, 5) is 0. The molecule has 0 aliphatic carbocycles. The van der Waals surface area contributed by atoms with Crippen molar-refractivity contribution in [2.45, 2.75) is 33.1 Å². The highest BCUT2D eigenvalue weighted by atomic mass is 15.2. The molecule has 0 atom stereocenters. The van der Waals surface area contributed by atoms with Crippen LogP contribution < -0.4 is 5.32 Å². The molecule has 1 aromatic heterocycles. The molecule has 0 radical (unpaired) electrons. The third kappa shape index (κ3) is 3.57. The number of hydrogen-bond acceptors (Lipinski definition) is 4. The van der Waals surface area contributed by atoms with Crippen molar-refractivity contribution < 1.29 is 0 Å². The number of aromatic nitrogens is 2. The lowest BCUT2D eigenvalue weighted by Gasteiger charge is -2.12. The van der Waals surface area contributed by atoms with Gasteiger partial charge in [0.15, 0.2) is 5.82 Å². The van der Waals surface area contributed by atoms with Crippen molar-refractivity contribution in [3.05, 3.63) is 52.7 Å². The van der Waals surface area contributed by atoms with Crippen LogP contribution in [0, 0.1) is 11.3 Å². The Morgan fingerprint density at radius 3 is 2.48 bits per heavy atom. The van der Waals surface area contributed by atoms with Gasteiger partial charge in [0.1, 0.15) is 11.6 Å². The van der Waals surface area contributed by atoms with E-state index in [1.165, 1.54) is 5.56 Å². The highest BCUT2D eigenvalue weighted by Gasteiger charge is 2.13. The fraction of sp³-hybridized carbons (Fsp3) is 0.353. The molecule has 0 saturated heterocycles. The molecule has 0 saturated carbocycles. The van der Waals surface area contributed by atoms with Gasteiger partial charge in [-0.2, -0.15) is 10.4 Å². The largest absolute Gasteiger partial charge is 0.367 e. The van der Waals surface area contributed by atoms with E-state index in [2.05, 4.69) is 33.7 Å². The van der Waals surface area contributed by atoms with Gasteiger partial charge in [0.2, 0.25) is 0 Å². The van der Waals surface area contributed by atoms with Crippen LogP contribution in [-0.2, 0) is 19.3 Å². The van der Waals surface area contributed by atoms with Gasteiger partial charge in [0, 0.05) is 6.54 Å². The second-order valence-corrected chi connectivity index (χ2v) is 4.83. The van der Waals surface area contributed by atoms with Crippen LogP contribution in [0.3, 0.4) is 0 Å². The summed E-state index contributed by atoms with van der Waals surface area (Å²) in [7, 11) is 0. The maximum atomic E-state index is 9.41. The Bertz CT molecular complexity index is 629. The van der Waals surface area contributed by atoms with E-state index in [1.807, 2.05) is 32.0 Å². The van der Waals surface area contributed by atoms with Gasteiger partial charge in [-0.25, -0.2) is 0 Å². The minimum Gasteiger partial charge on any atom is -0.367 e. The summed E-state index contributed by atoms with van der Waals surface area (Å²) in [5.74, 6) is 0.600. The Morgan fingerprint density at radius 1 is 1.10 bits per heavy atom. The minimum atomic E-state index is 0.600. The van der Waals surface area contributed by atoms with Gasteiger partial charge < -0.3 is 5.32 Å². The highest BCUT2D eigenvalue weighted by Crippen LogP contribution is 2.19. The van der Waals surface area contributed by atoms with Crippen LogP contribution in [0.15, 0.2) is 30.3 Å². The van der Waals surface area contributed by atoms with Crippen LogP contribution in [-0.4, -0.2) is 16.7 Å². The van der Waals surface area contributed by atoms with Crippen LogP contribution in [0.4, 0.5) is 5.82 Å². The summed E-state index contributed by atoms with van der Waals surface area (Å²) < 4.78 is 0. The zero-order chi connectivity index (χ0) is 15.1. The van der Waals surface area contributed by atoms with Crippen LogP contribution in [0.5, 0.6) is 0 Å². The van der Waals surface area contributed by atoms with Gasteiger partial charge in [-0.3, -0.25) is 0 Å². The standard InChI is InChI=1S/C17H20N4/c1-3-14-15(12-18)17(21-20-16(14)4-2)19-11-10-13-8-6-5-7-9-13/h5-9H,3-4,10-11H2,1-2H3,(H,19,21). The van der Waals surface area contributed by atoms with E-state index < -0.39 is 0 Å². The third-order valence-electron chi connectivity index (χ3n) is 3.51. The van der Waals surface area contributed by atoms with Gasteiger partial charge in [0.05, 0.1) is 5.69 Å². The quantitative estimate of drug-likeness (QED) is 0.883. The Labute approximate surface area is 125 Å². The van der Waals surface area contributed by atoms with Gasteiger partial charge in [-0.05, 0) is 30.4 Å². The Hall–Kier alpha value is -2.41. The van der Waals surface area contributed by atoms with Crippen LogP contribution in [0.25, 0.3) is 0 Å². The summed E-state index contributed by atoms with van der Waals surface area (Å²) in [6.45, 7) is 4.82. The topological polar surface area (TPSA) is 61.6 Å². The van der Waals surface area contributed by atoms with Crippen molar-refractivity contribution in [3.63, 3.8) is 0 Å². The first kappa shape index (κ1) is 15.0. The summed E-state index contributed by atoms with van der Waals surface area (Å²) in [5, 5.41) is 21.1. The summed E-state index contributed by atoms with van der Waals surface area (Å²) in [6.07, 6.45) is 2.49. The Kier molecular flexibility index (Phi) is 5.28. The molecule has 0 amide bonds. The van der Waals surface area contributed by atoms with E-state index in [1.54, 1.807) is 0 Å². The molecule has 2 aromatic rings. The molecule has 108 valence electrons. The van der Waals surface area contributed by atoms with E-state index in [0.29, 0.717) is 11.4 Å². The van der Waals surface area contributed by atoms with Gasteiger partial charge in [-0.1, -0.05) is 44.2 Å². The molecule has 4 nitrogen and oxygen atoms in total. The molecule has 1 N–H and O–H groups in total. The second-order valence-electron chi connectivity index (χ2n) is 4.83. The van der Waals surface area contributed by atoms with Crippen LogP contribution >= 0.6 is 0 Å². The normalized spacial score (nSPS) is 10.1. The van der Waals surface area contributed by atoms with E-state index in [0.717, 1.165) is 37.1 Å². The zero-order valence-corrected chi connectivity index (χ0v) is 12.6. The van der Waals surface area contributed by atoms with E-state index in [4.69, 9.17) is 0 Å². The first-order valence-electron chi connectivity index (χ1n) is 7.36. The van der Waals surface area contributed by atoms with Gasteiger partial charge in [-0.15, -0.1) is 5.10 Å². The number of nitriles is 1. The SMILES string of the molecule is CCc1nnc(NCCc2ccccc2)c(C#N)c1CC. The van der Waals surface area contributed by atoms with Crippen molar-refractivity contribution in [1.29, 1.82) is 5.26 Å². The molecule has 4 heteroatoms. The number of rotatable bonds is 6. The number of nitrogens with zero attached hydrogens (tertiary/aromatic N) is 3. The maximum Gasteiger partial charge on any atom is 0.166 e. The minimum absolute atomic E-state index is 0.600. The van der Waals surface area contributed by atoms with Crippen molar-refractivity contribution in [2.75, 3.05) is 11.9 Å². The van der Waals surface area contributed by atoms with Crippen LogP contribution in [0.1, 0.15) is 36.2 Å². The molecule has 0 fully saturated rings. The maximum absolute atomic E-state index is 9.41. The third-order valence-corrected chi connectivity index (χ3v) is 3.51. The molecule has 1 heterocycles. The van der Waals surface area contributed by atoms with E-state index in [-0.39, 0.29) is 0 Å². The zero-order valence-electron chi connectivity index (χ0n) is 12.6. The molecule has 21 heavy (non-hydrogen) atoms. The fourth-order valence-electron chi connectivity index (χ4n) is 2.39. The molecule has 0 spiro atoms. The van der Waals surface area contributed by atoms with E-state index >= 15 is 0 Å². The van der Waals surface area contributed by atoms with Crippen molar-refractivity contribution in [2.24, 2.45) is 0 Å². The van der Waals surface area contributed by atoms with Crippen molar-refractivity contribution in [1.82, 2.24) is 10.2 Å². The number of hydrogen-bond donors (Lipinski definition) is 1. The monoisotopic (exact) mass is 280 g/mol. The van der Waals surface area contributed by atoms with Gasteiger partial charge >= 0.3 is 0 Å². The first-order valence-corrected chi connectivity index (χ1v) is 7.36. The average molecular weight is 280 g/mol. The lowest BCUT2D eigenvalue weighted by atomic mass is 10.0. The number of aryl methyl sites for hydroxylation is 1. The van der Waals surface area contributed by atoms with Gasteiger partial charge in [0.25, 0.3) is 0 Å². The Morgan fingerprint density at radius 2 is 1.86 bits per heavy atom. The fourth-order valence-corrected chi connectivity index (χ4v) is 2.39. The molecule has 2 rings (SSSR count). The number of nitrogens with one attached hydrogen (secondary N) is 1. The van der Waals surface area contributed by atoms with Crippen LogP contribution in [0.2, 0.25) is 0 Å². The second kappa shape index (κ2) is 7.39. The average Bonchev–Trinajstić information content (AvgIpc) is 2.55. The molecule has 1 aromatic carbocycles. The van der Waals surface area contributed by atoms with Crippen molar-refractivity contribution >= 4 is 5.82 Å². The smallest absolute Gasteiger partial charge is 0.166 e. The first-order chi connectivity index (χ1) is 10.3. The molecule has 0 aliphatic rings. The lowest BCUT2D eigenvalue weighted by Crippen LogP contribution is -2.12. The summed E-state index contributed by atoms with van der Waals surface area (Å²) in [5.41, 5.74) is 3.83. The predicted octanol–water partition coefficient (Wildman–Crippen LogP) is 3.13.